The first kappa shape index (κ1) is 10.4. The lowest BCUT2D eigenvalue weighted by atomic mass is 10.4. The molecule has 0 aromatic carbocycles. The van der Waals surface area contributed by atoms with Crippen LogP contribution in [-0.4, -0.2) is 32.1 Å². The maximum absolute atomic E-state index is 11.1. The average molecular weight is 198 g/mol. The van der Waals surface area contributed by atoms with E-state index in [4.69, 9.17) is 10.2 Å². The van der Waals surface area contributed by atoms with Crippen LogP contribution in [0.1, 0.15) is 17.4 Å². The summed E-state index contributed by atoms with van der Waals surface area (Å²) in [5, 5.41) is 21.2. The van der Waals surface area contributed by atoms with Crippen LogP contribution >= 0.6 is 0 Å². The number of aliphatic hydroxyl groups excluding tert-OH is 1. The number of hydrogen-bond donors (Lipinski definition) is 2. The summed E-state index contributed by atoms with van der Waals surface area (Å²) >= 11 is 0. The summed E-state index contributed by atoms with van der Waals surface area (Å²) in [4.78, 5) is 21.6. The van der Waals surface area contributed by atoms with E-state index >= 15 is 0 Å². The van der Waals surface area contributed by atoms with Crippen LogP contribution in [-0.2, 0) is 6.54 Å². The summed E-state index contributed by atoms with van der Waals surface area (Å²) in [6, 6.07) is 2.24. The lowest BCUT2D eigenvalue weighted by Gasteiger charge is -2.06. The number of carboxylic acids is 1. The summed E-state index contributed by atoms with van der Waals surface area (Å²) in [7, 11) is 0. The van der Waals surface area contributed by atoms with Gasteiger partial charge in [-0.15, -0.1) is 0 Å². The van der Waals surface area contributed by atoms with Gasteiger partial charge in [0, 0.05) is 6.07 Å². The lowest BCUT2D eigenvalue weighted by Crippen LogP contribution is -2.28. The van der Waals surface area contributed by atoms with Gasteiger partial charge in [0.15, 0.2) is 5.69 Å². The van der Waals surface area contributed by atoms with E-state index in [-0.39, 0.29) is 12.2 Å². The molecule has 2 N–H and O–H groups in total. The Balaban J connectivity index is 3.08. The van der Waals surface area contributed by atoms with Crippen molar-refractivity contribution in [3.63, 3.8) is 0 Å². The van der Waals surface area contributed by atoms with Crippen molar-refractivity contribution in [3.05, 3.63) is 28.2 Å². The van der Waals surface area contributed by atoms with E-state index < -0.39 is 17.6 Å². The quantitative estimate of drug-likeness (QED) is 0.671. The predicted octanol–water partition coefficient (Wildman–Crippen LogP) is -0.678. The Labute approximate surface area is 79.4 Å². The summed E-state index contributed by atoms with van der Waals surface area (Å²) in [6.45, 7) is 1.47. The molecule has 0 spiro atoms. The van der Waals surface area contributed by atoms with Crippen LogP contribution in [0, 0.1) is 0 Å². The normalized spacial score (nSPS) is 12.4. The van der Waals surface area contributed by atoms with E-state index in [9.17, 15) is 9.59 Å². The van der Waals surface area contributed by atoms with Crippen molar-refractivity contribution in [2.24, 2.45) is 0 Å². The molecule has 1 heterocycles. The Bertz CT molecular complexity index is 397. The molecule has 14 heavy (non-hydrogen) atoms. The van der Waals surface area contributed by atoms with E-state index in [0.29, 0.717) is 0 Å². The van der Waals surface area contributed by atoms with Gasteiger partial charge >= 0.3 is 5.97 Å². The molecule has 6 heteroatoms. The fraction of sp³-hybridized carbons (Fsp3) is 0.375. The number of rotatable bonds is 3. The van der Waals surface area contributed by atoms with Gasteiger partial charge in [-0.2, -0.15) is 5.10 Å². The van der Waals surface area contributed by atoms with E-state index in [1.807, 2.05) is 0 Å². The van der Waals surface area contributed by atoms with Gasteiger partial charge in [0.2, 0.25) is 0 Å². The van der Waals surface area contributed by atoms with Crippen molar-refractivity contribution in [1.82, 2.24) is 9.78 Å². The van der Waals surface area contributed by atoms with Gasteiger partial charge < -0.3 is 10.2 Å². The molecule has 0 radical (unpaired) electrons. The highest BCUT2D eigenvalue weighted by Crippen LogP contribution is 1.91. The molecule has 0 aliphatic carbocycles. The zero-order valence-electron chi connectivity index (χ0n) is 7.54. The van der Waals surface area contributed by atoms with Gasteiger partial charge in [-0.3, -0.25) is 4.79 Å². The maximum atomic E-state index is 11.1. The Morgan fingerprint density at radius 2 is 2.29 bits per heavy atom. The molecule has 76 valence electrons. The number of aliphatic hydroxyl groups is 1. The van der Waals surface area contributed by atoms with Crippen molar-refractivity contribution in [2.45, 2.75) is 19.6 Å². The molecule has 0 aliphatic rings. The van der Waals surface area contributed by atoms with Crippen LogP contribution in [0.5, 0.6) is 0 Å². The van der Waals surface area contributed by atoms with Gasteiger partial charge in [0.25, 0.3) is 5.56 Å². The third-order valence-corrected chi connectivity index (χ3v) is 1.52. The number of nitrogens with zero attached hydrogens (tertiary/aromatic N) is 2. The molecule has 1 aromatic rings. The zero-order valence-corrected chi connectivity index (χ0v) is 7.54. The summed E-state index contributed by atoms with van der Waals surface area (Å²) < 4.78 is 0.925. The largest absolute Gasteiger partial charge is 0.476 e. The van der Waals surface area contributed by atoms with Gasteiger partial charge in [-0.25, -0.2) is 9.48 Å². The summed E-state index contributed by atoms with van der Waals surface area (Å²) in [6.07, 6.45) is -0.746. The standard InChI is InChI=1S/C8H10N2O4/c1-5(11)4-10-7(12)3-2-6(9-10)8(13)14/h2-3,5,11H,4H2,1H3,(H,13,14). The second-order valence-corrected chi connectivity index (χ2v) is 2.89. The molecule has 0 saturated heterocycles. The predicted molar refractivity (Wildman–Crippen MR) is 47.1 cm³/mol. The molecule has 0 bridgehead atoms. The van der Waals surface area contributed by atoms with E-state index in [2.05, 4.69) is 5.10 Å². The highest BCUT2D eigenvalue weighted by molar-refractivity contribution is 5.84. The average Bonchev–Trinajstić information content (AvgIpc) is 2.07. The van der Waals surface area contributed by atoms with Gasteiger partial charge in [0.05, 0.1) is 12.6 Å². The van der Waals surface area contributed by atoms with Gasteiger partial charge in [-0.05, 0) is 13.0 Å². The number of aromatic carboxylic acids is 1. The molecule has 0 saturated carbocycles. The molecule has 0 aliphatic heterocycles. The number of carbonyl (C=O) groups is 1. The smallest absolute Gasteiger partial charge is 0.356 e. The molecule has 1 atom stereocenters. The minimum absolute atomic E-state index is 0.0139. The lowest BCUT2D eigenvalue weighted by molar-refractivity contribution is 0.0685. The van der Waals surface area contributed by atoms with Crippen LogP contribution in [0.4, 0.5) is 0 Å². The first-order valence-corrected chi connectivity index (χ1v) is 4.00. The van der Waals surface area contributed by atoms with Crippen LogP contribution in [0.15, 0.2) is 16.9 Å². The van der Waals surface area contributed by atoms with Crippen molar-refractivity contribution in [3.8, 4) is 0 Å². The molecule has 1 rings (SSSR count). The third-order valence-electron chi connectivity index (χ3n) is 1.52. The second-order valence-electron chi connectivity index (χ2n) is 2.89. The Morgan fingerprint density at radius 3 is 2.79 bits per heavy atom. The van der Waals surface area contributed by atoms with Crippen molar-refractivity contribution in [1.29, 1.82) is 0 Å². The number of hydrogen-bond acceptors (Lipinski definition) is 4. The molecule has 1 aromatic heterocycles. The Hall–Kier alpha value is -1.69. The molecular weight excluding hydrogens is 188 g/mol. The topological polar surface area (TPSA) is 92.4 Å². The second kappa shape index (κ2) is 4.01. The molecule has 0 fully saturated rings. The van der Waals surface area contributed by atoms with Crippen molar-refractivity contribution >= 4 is 5.97 Å². The zero-order chi connectivity index (χ0) is 10.7. The van der Waals surface area contributed by atoms with Crippen LogP contribution in [0.3, 0.4) is 0 Å². The first-order chi connectivity index (χ1) is 6.50. The van der Waals surface area contributed by atoms with E-state index in [0.717, 1.165) is 16.8 Å². The number of aromatic nitrogens is 2. The molecular formula is C8H10N2O4. The Morgan fingerprint density at radius 1 is 1.64 bits per heavy atom. The monoisotopic (exact) mass is 198 g/mol. The van der Waals surface area contributed by atoms with Crippen LogP contribution < -0.4 is 5.56 Å². The fourth-order valence-electron chi connectivity index (χ4n) is 0.944. The van der Waals surface area contributed by atoms with Gasteiger partial charge in [-0.1, -0.05) is 0 Å². The molecule has 6 nitrogen and oxygen atoms in total. The minimum atomic E-state index is -1.20. The highest BCUT2D eigenvalue weighted by atomic mass is 16.4. The van der Waals surface area contributed by atoms with E-state index in [1.54, 1.807) is 0 Å². The molecule has 1 unspecified atom stereocenters. The van der Waals surface area contributed by atoms with Crippen LogP contribution in [0.25, 0.3) is 0 Å². The SMILES string of the molecule is CC(O)Cn1nc(C(=O)O)ccc1=O. The van der Waals surface area contributed by atoms with Crippen molar-refractivity contribution in [2.75, 3.05) is 0 Å². The minimum Gasteiger partial charge on any atom is -0.476 e. The summed E-state index contributed by atoms with van der Waals surface area (Å²) in [5.41, 5.74) is -0.652. The highest BCUT2D eigenvalue weighted by Gasteiger charge is 2.08. The maximum Gasteiger partial charge on any atom is 0.356 e. The van der Waals surface area contributed by atoms with E-state index in [1.165, 1.54) is 6.92 Å². The first-order valence-electron chi connectivity index (χ1n) is 4.00. The number of carboxylic acid groups (broad SMARTS) is 1. The van der Waals surface area contributed by atoms with Crippen LogP contribution in [0.2, 0.25) is 0 Å². The Kier molecular flexibility index (Phi) is 2.98. The molecule has 0 amide bonds. The van der Waals surface area contributed by atoms with Crippen molar-refractivity contribution < 1.29 is 15.0 Å². The summed E-state index contributed by atoms with van der Waals surface area (Å²) in [5.74, 6) is -1.20. The van der Waals surface area contributed by atoms with Gasteiger partial charge in [0.1, 0.15) is 0 Å². The fourth-order valence-corrected chi connectivity index (χ4v) is 0.944. The third kappa shape index (κ3) is 2.40.